The Morgan fingerprint density at radius 3 is 2.70 bits per heavy atom. The molecule has 1 atom stereocenters. The van der Waals surface area contributed by atoms with Crippen LogP contribution in [0.5, 0.6) is 0 Å². The monoisotopic (exact) mass is 409 g/mol. The first-order valence-electron chi connectivity index (χ1n) is 7.85. The summed E-state index contributed by atoms with van der Waals surface area (Å²) in [6.45, 7) is 1.62. The number of thioether (sulfide) groups is 1. The lowest BCUT2D eigenvalue weighted by atomic mass is 10.1. The van der Waals surface area contributed by atoms with Gasteiger partial charge in [-0.3, -0.25) is 4.79 Å². The molecule has 0 aliphatic rings. The molecule has 0 radical (unpaired) electrons. The summed E-state index contributed by atoms with van der Waals surface area (Å²) >= 11 is 7.00. The molecule has 140 valence electrons. The Kier molecular flexibility index (Phi) is 6.02. The molecule has 27 heavy (non-hydrogen) atoms. The van der Waals surface area contributed by atoms with Gasteiger partial charge in [-0.25, -0.2) is 8.78 Å². The van der Waals surface area contributed by atoms with E-state index in [1.54, 1.807) is 31.2 Å². The Labute approximate surface area is 162 Å². The molecule has 6 nitrogen and oxygen atoms in total. The number of benzene rings is 2. The number of halogens is 3. The van der Waals surface area contributed by atoms with Crippen LogP contribution in [0.2, 0.25) is 5.02 Å². The lowest BCUT2D eigenvalue weighted by molar-refractivity contribution is -0.119. The zero-order chi connectivity index (χ0) is 19.4. The van der Waals surface area contributed by atoms with Crippen LogP contribution in [0.25, 0.3) is 5.69 Å². The third kappa shape index (κ3) is 4.81. The summed E-state index contributed by atoms with van der Waals surface area (Å²) < 4.78 is 28.3. The molecule has 0 aliphatic carbocycles. The molecule has 0 fully saturated rings. The van der Waals surface area contributed by atoms with Crippen LogP contribution in [0.15, 0.2) is 47.6 Å². The second-order valence-corrected chi connectivity index (χ2v) is 6.97. The Balaban J connectivity index is 1.61. The molecule has 2 aromatic carbocycles. The highest BCUT2D eigenvalue weighted by Crippen LogP contribution is 2.21. The fraction of sp³-hybridized carbons (Fsp3) is 0.176. The third-order valence-corrected chi connectivity index (χ3v) is 4.82. The van der Waals surface area contributed by atoms with Gasteiger partial charge in [-0.05, 0) is 47.7 Å². The lowest BCUT2D eigenvalue weighted by Crippen LogP contribution is -2.28. The van der Waals surface area contributed by atoms with Gasteiger partial charge in [-0.1, -0.05) is 29.4 Å². The van der Waals surface area contributed by atoms with Gasteiger partial charge in [0.2, 0.25) is 11.1 Å². The average molecular weight is 410 g/mol. The zero-order valence-corrected chi connectivity index (χ0v) is 15.6. The fourth-order valence-electron chi connectivity index (χ4n) is 2.36. The van der Waals surface area contributed by atoms with Gasteiger partial charge in [0.25, 0.3) is 0 Å². The minimum Gasteiger partial charge on any atom is -0.349 e. The second-order valence-electron chi connectivity index (χ2n) is 5.59. The van der Waals surface area contributed by atoms with Crippen molar-refractivity contribution in [2.75, 3.05) is 5.75 Å². The number of aromatic nitrogens is 4. The fourth-order valence-corrected chi connectivity index (χ4v) is 3.18. The topological polar surface area (TPSA) is 72.7 Å². The quantitative estimate of drug-likeness (QED) is 0.630. The maximum Gasteiger partial charge on any atom is 0.230 e. The van der Waals surface area contributed by atoms with E-state index in [0.29, 0.717) is 15.9 Å². The molecule has 10 heteroatoms. The molecule has 0 saturated heterocycles. The highest BCUT2D eigenvalue weighted by atomic mass is 35.5. The summed E-state index contributed by atoms with van der Waals surface area (Å²) in [5, 5.41) is 15.1. The summed E-state index contributed by atoms with van der Waals surface area (Å²) in [4.78, 5) is 12.2. The lowest BCUT2D eigenvalue weighted by Gasteiger charge is -2.15. The highest BCUT2D eigenvalue weighted by molar-refractivity contribution is 7.99. The van der Waals surface area contributed by atoms with Crippen LogP contribution in [0.1, 0.15) is 18.5 Å². The van der Waals surface area contributed by atoms with Crippen LogP contribution in [-0.2, 0) is 4.79 Å². The Hall–Kier alpha value is -2.52. The first-order chi connectivity index (χ1) is 12.9. The van der Waals surface area contributed by atoms with E-state index < -0.39 is 17.7 Å². The second kappa shape index (κ2) is 8.45. The molecule has 1 aromatic heterocycles. The Morgan fingerprint density at radius 1 is 1.26 bits per heavy atom. The maximum absolute atomic E-state index is 13.8. The average Bonchev–Trinajstić information content (AvgIpc) is 3.09. The van der Waals surface area contributed by atoms with Crippen molar-refractivity contribution in [2.24, 2.45) is 0 Å². The molecular formula is C17H14ClF2N5OS. The van der Waals surface area contributed by atoms with Crippen molar-refractivity contribution in [1.29, 1.82) is 0 Å². The number of nitrogens with one attached hydrogen (secondary N) is 1. The van der Waals surface area contributed by atoms with Crippen molar-refractivity contribution in [3.8, 4) is 5.69 Å². The van der Waals surface area contributed by atoms with Crippen LogP contribution < -0.4 is 5.32 Å². The normalized spacial score (nSPS) is 12.0. The van der Waals surface area contributed by atoms with Crippen molar-refractivity contribution in [3.63, 3.8) is 0 Å². The largest absolute Gasteiger partial charge is 0.349 e. The molecule has 1 heterocycles. The van der Waals surface area contributed by atoms with Crippen LogP contribution in [0.4, 0.5) is 8.78 Å². The molecule has 0 aliphatic heterocycles. The van der Waals surface area contributed by atoms with Gasteiger partial charge < -0.3 is 5.32 Å². The minimum absolute atomic E-state index is 0.0289. The van der Waals surface area contributed by atoms with Gasteiger partial charge in [0.15, 0.2) is 0 Å². The molecule has 3 rings (SSSR count). The minimum atomic E-state index is -0.706. The number of carbonyl (C=O) groups is 1. The molecule has 0 bridgehead atoms. The Bertz CT molecular complexity index is 951. The van der Waals surface area contributed by atoms with Crippen LogP contribution in [0.3, 0.4) is 0 Å². The van der Waals surface area contributed by atoms with Crippen molar-refractivity contribution in [3.05, 3.63) is 64.7 Å². The predicted octanol–water partition coefficient (Wildman–Crippen LogP) is 3.56. The molecule has 1 N–H and O–H groups in total. The van der Waals surface area contributed by atoms with Gasteiger partial charge in [0, 0.05) is 16.7 Å². The van der Waals surface area contributed by atoms with Crippen molar-refractivity contribution in [2.45, 2.75) is 18.1 Å². The summed E-state index contributed by atoms with van der Waals surface area (Å²) in [5.41, 5.74) is 0.912. The Morgan fingerprint density at radius 2 is 2.00 bits per heavy atom. The van der Waals surface area contributed by atoms with E-state index >= 15 is 0 Å². The summed E-state index contributed by atoms with van der Waals surface area (Å²) in [6, 6.07) is 9.56. The van der Waals surface area contributed by atoms with Gasteiger partial charge >= 0.3 is 0 Å². The third-order valence-electron chi connectivity index (χ3n) is 3.65. The van der Waals surface area contributed by atoms with E-state index in [1.165, 1.54) is 10.7 Å². The number of hydrogen-bond donors (Lipinski definition) is 1. The van der Waals surface area contributed by atoms with Gasteiger partial charge in [-0.15, -0.1) is 5.10 Å². The molecule has 3 aromatic rings. The predicted molar refractivity (Wildman–Crippen MR) is 97.8 cm³/mol. The number of amides is 1. The van der Waals surface area contributed by atoms with Crippen molar-refractivity contribution in [1.82, 2.24) is 25.5 Å². The maximum atomic E-state index is 13.8. The highest BCUT2D eigenvalue weighted by Gasteiger charge is 2.16. The molecule has 0 saturated carbocycles. The molecule has 0 unspecified atom stereocenters. The van der Waals surface area contributed by atoms with E-state index in [9.17, 15) is 13.6 Å². The first kappa shape index (κ1) is 19.2. The van der Waals surface area contributed by atoms with Crippen molar-refractivity contribution < 1.29 is 13.6 Å². The van der Waals surface area contributed by atoms with E-state index in [1.807, 2.05) is 0 Å². The molecular weight excluding hydrogens is 396 g/mol. The van der Waals surface area contributed by atoms with Crippen molar-refractivity contribution >= 4 is 29.3 Å². The zero-order valence-electron chi connectivity index (χ0n) is 14.1. The number of carbonyl (C=O) groups excluding carboxylic acids is 1. The standard InChI is InChI=1S/C17H14ClF2N5OS/c1-10(14-7-4-12(19)8-15(14)20)21-16(26)9-27-17-22-23-24-25(17)13-5-2-11(18)3-6-13/h2-8,10H,9H2,1H3,(H,21,26)/t10-/m0/s1. The van der Waals surface area contributed by atoms with Crippen LogP contribution in [-0.4, -0.2) is 31.9 Å². The SMILES string of the molecule is C[C@H](NC(=O)CSc1nnnn1-c1ccc(Cl)cc1)c1ccc(F)cc1F. The van der Waals surface area contributed by atoms with E-state index in [4.69, 9.17) is 11.6 Å². The number of rotatable bonds is 6. The number of nitrogens with zero attached hydrogens (tertiary/aromatic N) is 4. The first-order valence-corrected chi connectivity index (χ1v) is 9.22. The summed E-state index contributed by atoms with van der Waals surface area (Å²) in [7, 11) is 0. The molecule has 1 amide bonds. The smallest absolute Gasteiger partial charge is 0.230 e. The van der Waals surface area contributed by atoms with E-state index in [2.05, 4.69) is 20.8 Å². The summed E-state index contributed by atoms with van der Waals surface area (Å²) in [6.07, 6.45) is 0. The summed E-state index contributed by atoms with van der Waals surface area (Å²) in [5.74, 6) is -1.68. The van der Waals surface area contributed by atoms with Crippen LogP contribution in [0, 0.1) is 11.6 Å². The van der Waals surface area contributed by atoms with E-state index in [0.717, 1.165) is 23.9 Å². The number of tetrazole rings is 1. The number of hydrogen-bond acceptors (Lipinski definition) is 5. The van der Waals surface area contributed by atoms with Gasteiger partial charge in [-0.2, -0.15) is 4.68 Å². The van der Waals surface area contributed by atoms with Gasteiger partial charge in [0.05, 0.1) is 17.5 Å². The van der Waals surface area contributed by atoms with Crippen LogP contribution >= 0.6 is 23.4 Å². The van der Waals surface area contributed by atoms with Gasteiger partial charge in [0.1, 0.15) is 11.6 Å². The molecule has 0 spiro atoms. The van der Waals surface area contributed by atoms with E-state index in [-0.39, 0.29) is 17.2 Å².